The maximum atomic E-state index is 12.8. The molecule has 0 spiro atoms. The van der Waals surface area contributed by atoms with Gasteiger partial charge in [0.1, 0.15) is 4.83 Å². The van der Waals surface area contributed by atoms with Gasteiger partial charge < -0.3 is 0 Å². The highest BCUT2D eigenvalue weighted by Crippen LogP contribution is 2.33. The molecule has 0 saturated heterocycles. The average molecular weight is 300 g/mol. The highest BCUT2D eigenvalue weighted by atomic mass is 32.1. The molecule has 0 bridgehead atoms. The molecule has 2 N–H and O–H groups in total. The highest BCUT2D eigenvalue weighted by molar-refractivity contribution is 7.18. The molecule has 0 unspecified atom stereocenters. The Hall–Kier alpha value is -2.35. The largest absolute Gasteiger partial charge is 0.283 e. The Morgan fingerprint density at radius 2 is 2.10 bits per heavy atom. The summed E-state index contributed by atoms with van der Waals surface area (Å²) in [4.78, 5) is 20.3. The third kappa shape index (κ3) is 1.62. The number of hydrogen-bond acceptors (Lipinski definition) is 6. The van der Waals surface area contributed by atoms with Crippen LogP contribution in [0.15, 0.2) is 22.2 Å². The molecule has 1 aliphatic rings. The lowest BCUT2D eigenvalue weighted by atomic mass is 9.97. The van der Waals surface area contributed by atoms with Crippen LogP contribution in [0.5, 0.6) is 0 Å². The zero-order chi connectivity index (χ0) is 14.6. The fourth-order valence-electron chi connectivity index (χ4n) is 2.93. The molecule has 21 heavy (non-hydrogen) atoms. The van der Waals surface area contributed by atoms with Crippen molar-refractivity contribution in [2.75, 3.05) is 0 Å². The minimum atomic E-state index is -0.237. The van der Waals surface area contributed by atoms with Crippen molar-refractivity contribution in [2.24, 2.45) is 5.22 Å². The molecule has 3 heterocycles. The molecular weight excluding hydrogens is 288 g/mol. The van der Waals surface area contributed by atoms with Crippen LogP contribution >= 0.6 is 11.3 Å². The fourth-order valence-corrected chi connectivity index (χ4v) is 4.19. The Kier molecular flexibility index (Phi) is 2.55. The highest BCUT2D eigenvalue weighted by Gasteiger charge is 2.21. The molecule has 106 valence electrons. The first-order chi connectivity index (χ1) is 10.2. The SMILES string of the molecule is N=Nn1c(=N)ccc2nc3sc4c(c3c(=O)n21)CCCC4. The molecule has 0 fully saturated rings. The molecule has 0 aromatic carbocycles. The van der Waals surface area contributed by atoms with E-state index in [0.29, 0.717) is 11.0 Å². The van der Waals surface area contributed by atoms with Gasteiger partial charge in [-0.15, -0.1) is 16.1 Å². The van der Waals surface area contributed by atoms with Crippen LogP contribution in [0, 0.1) is 10.9 Å². The summed E-state index contributed by atoms with van der Waals surface area (Å²) < 4.78 is 1.21. The molecule has 0 atom stereocenters. The van der Waals surface area contributed by atoms with Gasteiger partial charge in [0.05, 0.1) is 5.39 Å². The van der Waals surface area contributed by atoms with Gasteiger partial charge in [-0.05, 0) is 43.4 Å². The molecule has 0 amide bonds. The summed E-state index contributed by atoms with van der Waals surface area (Å²) in [6.45, 7) is 0. The van der Waals surface area contributed by atoms with E-state index >= 15 is 0 Å². The second-order valence-corrected chi connectivity index (χ2v) is 6.17. The molecule has 0 aliphatic heterocycles. The fraction of sp³-hybridized carbons (Fsp3) is 0.308. The van der Waals surface area contributed by atoms with Crippen LogP contribution in [0.3, 0.4) is 0 Å². The molecule has 0 radical (unpaired) electrons. The Labute approximate surface area is 122 Å². The molecule has 7 nitrogen and oxygen atoms in total. The van der Waals surface area contributed by atoms with E-state index in [4.69, 9.17) is 10.9 Å². The molecule has 1 aliphatic carbocycles. The smallest absolute Gasteiger partial charge is 0.281 e. The zero-order valence-electron chi connectivity index (χ0n) is 11.1. The standard InChI is InChI=1S/C13H12N6OS/c14-9-5-6-10-16-12-11(13(20)18(10)19(9)17-15)7-3-1-2-4-8(7)21-12/h5-6,14-15H,1-4H2. The maximum Gasteiger partial charge on any atom is 0.283 e. The van der Waals surface area contributed by atoms with E-state index in [9.17, 15) is 4.79 Å². The van der Waals surface area contributed by atoms with Crippen LogP contribution in [-0.2, 0) is 12.8 Å². The number of thiophene rings is 1. The molecule has 8 heteroatoms. The van der Waals surface area contributed by atoms with Crippen LogP contribution in [0.1, 0.15) is 23.3 Å². The number of fused-ring (bicyclic) bond motifs is 4. The molecule has 3 aromatic heterocycles. The number of nitrogens with one attached hydrogen (secondary N) is 2. The third-order valence-electron chi connectivity index (χ3n) is 3.88. The minimum absolute atomic E-state index is 0.0233. The quantitative estimate of drug-likeness (QED) is 0.670. The van der Waals surface area contributed by atoms with Crippen molar-refractivity contribution < 1.29 is 0 Å². The van der Waals surface area contributed by atoms with Crippen molar-refractivity contribution in [2.45, 2.75) is 25.7 Å². The third-order valence-corrected chi connectivity index (χ3v) is 5.07. The van der Waals surface area contributed by atoms with E-state index in [1.165, 1.54) is 15.5 Å². The Morgan fingerprint density at radius 1 is 1.29 bits per heavy atom. The Bertz CT molecular complexity index is 1010. The predicted octanol–water partition coefficient (Wildman–Crippen LogP) is 1.86. The number of nitrogens with zero attached hydrogens (tertiary/aromatic N) is 4. The van der Waals surface area contributed by atoms with Crippen molar-refractivity contribution in [1.82, 2.24) is 14.3 Å². The summed E-state index contributed by atoms with van der Waals surface area (Å²) in [7, 11) is 0. The maximum absolute atomic E-state index is 12.8. The number of rotatable bonds is 1. The summed E-state index contributed by atoms with van der Waals surface area (Å²) >= 11 is 1.59. The summed E-state index contributed by atoms with van der Waals surface area (Å²) in [5, 5.41) is 11.7. The van der Waals surface area contributed by atoms with Gasteiger partial charge >= 0.3 is 0 Å². The second kappa shape index (κ2) is 4.32. The van der Waals surface area contributed by atoms with Gasteiger partial charge in [-0.3, -0.25) is 10.2 Å². The summed E-state index contributed by atoms with van der Waals surface area (Å²) in [5.74, 6) is 0. The van der Waals surface area contributed by atoms with Crippen LogP contribution in [0.4, 0.5) is 0 Å². The van der Waals surface area contributed by atoms with Gasteiger partial charge in [0.15, 0.2) is 11.1 Å². The summed E-state index contributed by atoms with van der Waals surface area (Å²) in [6, 6.07) is 3.10. The second-order valence-electron chi connectivity index (χ2n) is 5.09. The number of aryl methyl sites for hydroxylation is 2. The first-order valence-electron chi connectivity index (χ1n) is 6.72. The molecule has 4 rings (SSSR count). The normalized spacial score (nSPS) is 14.5. The first kappa shape index (κ1) is 12.4. The van der Waals surface area contributed by atoms with E-state index in [1.54, 1.807) is 17.4 Å². The van der Waals surface area contributed by atoms with Crippen molar-refractivity contribution >= 4 is 27.2 Å². The van der Waals surface area contributed by atoms with Crippen molar-refractivity contribution in [3.05, 3.63) is 38.4 Å². The number of aromatic nitrogens is 3. The topological polar surface area (TPSA) is 99.4 Å². The van der Waals surface area contributed by atoms with E-state index in [-0.39, 0.29) is 11.0 Å². The lowest BCUT2D eigenvalue weighted by molar-refractivity contribution is 0.556. The summed E-state index contributed by atoms with van der Waals surface area (Å²) in [5.41, 5.74) is 8.46. The van der Waals surface area contributed by atoms with Crippen molar-refractivity contribution in [3.8, 4) is 0 Å². The molecule has 0 saturated carbocycles. The first-order valence-corrected chi connectivity index (χ1v) is 7.54. The van der Waals surface area contributed by atoms with Gasteiger partial charge in [-0.2, -0.15) is 10.0 Å². The number of hydrogen-bond donors (Lipinski definition) is 2. The van der Waals surface area contributed by atoms with Crippen LogP contribution in [0.25, 0.3) is 15.9 Å². The lowest BCUT2D eigenvalue weighted by Gasteiger charge is -2.10. The van der Waals surface area contributed by atoms with Crippen LogP contribution < -0.4 is 11.0 Å². The van der Waals surface area contributed by atoms with Gasteiger partial charge in [-0.1, -0.05) is 5.22 Å². The van der Waals surface area contributed by atoms with Gasteiger partial charge in [0.2, 0.25) is 0 Å². The van der Waals surface area contributed by atoms with E-state index in [1.807, 2.05) is 0 Å². The summed E-state index contributed by atoms with van der Waals surface area (Å²) in [6.07, 6.45) is 4.14. The lowest BCUT2D eigenvalue weighted by Crippen LogP contribution is -2.30. The van der Waals surface area contributed by atoms with E-state index < -0.39 is 0 Å². The van der Waals surface area contributed by atoms with E-state index in [0.717, 1.165) is 40.9 Å². The molecule has 3 aromatic rings. The van der Waals surface area contributed by atoms with Crippen molar-refractivity contribution in [3.63, 3.8) is 0 Å². The monoisotopic (exact) mass is 300 g/mol. The molecular formula is C13H12N6OS. The predicted molar refractivity (Wildman–Crippen MR) is 77.9 cm³/mol. The minimum Gasteiger partial charge on any atom is -0.281 e. The van der Waals surface area contributed by atoms with Gasteiger partial charge in [-0.25, -0.2) is 4.98 Å². The zero-order valence-corrected chi connectivity index (χ0v) is 11.9. The van der Waals surface area contributed by atoms with Gasteiger partial charge in [0, 0.05) is 4.88 Å². The van der Waals surface area contributed by atoms with Crippen LogP contribution in [0.2, 0.25) is 0 Å². The van der Waals surface area contributed by atoms with Crippen molar-refractivity contribution in [1.29, 1.82) is 10.9 Å². The Balaban J connectivity index is 2.26. The van der Waals surface area contributed by atoms with E-state index in [2.05, 4.69) is 10.2 Å². The average Bonchev–Trinajstić information content (AvgIpc) is 2.86. The van der Waals surface area contributed by atoms with Gasteiger partial charge in [0.25, 0.3) is 5.56 Å². The van der Waals surface area contributed by atoms with Crippen LogP contribution in [-0.4, -0.2) is 14.3 Å². The Morgan fingerprint density at radius 3 is 2.90 bits per heavy atom.